The van der Waals surface area contributed by atoms with E-state index in [4.69, 9.17) is 9.72 Å². The van der Waals surface area contributed by atoms with Crippen molar-refractivity contribution in [2.24, 2.45) is 0 Å². The van der Waals surface area contributed by atoms with E-state index in [1.165, 1.54) is 11.8 Å². The second-order valence-electron chi connectivity index (χ2n) is 8.53. The Balaban J connectivity index is 1.70. The van der Waals surface area contributed by atoms with Gasteiger partial charge in [-0.15, -0.1) is 0 Å². The van der Waals surface area contributed by atoms with E-state index < -0.39 is 0 Å². The van der Waals surface area contributed by atoms with Gasteiger partial charge in [-0.1, -0.05) is 65.9 Å². The van der Waals surface area contributed by atoms with E-state index in [1.807, 2.05) is 93.6 Å². The molecule has 0 bridgehead atoms. The van der Waals surface area contributed by atoms with E-state index in [2.05, 4.69) is 11.4 Å². The lowest BCUT2D eigenvalue weighted by molar-refractivity contribution is -0.113. The smallest absolute Gasteiger partial charge is 0.234 e. The average Bonchev–Trinajstić information content (AvgIpc) is 2.90. The van der Waals surface area contributed by atoms with E-state index in [1.54, 1.807) is 7.11 Å². The molecule has 0 atom stereocenters. The number of rotatable bonds is 7. The van der Waals surface area contributed by atoms with E-state index in [0.717, 1.165) is 50.5 Å². The molecule has 0 unspecified atom stereocenters. The van der Waals surface area contributed by atoms with E-state index in [9.17, 15) is 10.1 Å². The standard InChI is InChI=1S/C30H27N3O2S/c1-19-8-10-23(11-9-19)28-16-25(22-12-14-24(35-4)15-13-22)26(17-31)30(33-28)36-18-29(34)32-27-7-5-6-20(2)21(27)3/h5-16H,18H2,1-4H3,(H,32,34). The zero-order valence-corrected chi connectivity index (χ0v) is 21.6. The summed E-state index contributed by atoms with van der Waals surface area (Å²) in [6.45, 7) is 6.04. The first-order chi connectivity index (χ1) is 17.4. The van der Waals surface area contributed by atoms with Crippen LogP contribution in [-0.4, -0.2) is 23.8 Å². The summed E-state index contributed by atoms with van der Waals surface area (Å²) in [4.78, 5) is 17.6. The zero-order valence-electron chi connectivity index (χ0n) is 20.8. The number of methoxy groups -OCH3 is 1. The van der Waals surface area contributed by atoms with Crippen molar-refractivity contribution in [2.75, 3.05) is 18.2 Å². The highest BCUT2D eigenvalue weighted by molar-refractivity contribution is 8.00. The van der Waals surface area contributed by atoms with Crippen molar-refractivity contribution in [2.45, 2.75) is 25.8 Å². The molecule has 0 aliphatic heterocycles. The average molecular weight is 494 g/mol. The summed E-state index contributed by atoms with van der Waals surface area (Å²) in [5.41, 5.74) is 7.88. The maximum absolute atomic E-state index is 12.8. The third kappa shape index (κ3) is 5.59. The number of amides is 1. The van der Waals surface area contributed by atoms with Crippen LogP contribution in [0, 0.1) is 32.1 Å². The summed E-state index contributed by atoms with van der Waals surface area (Å²) in [5, 5.41) is 13.6. The molecule has 5 nitrogen and oxygen atoms in total. The molecule has 0 fully saturated rings. The normalized spacial score (nSPS) is 10.5. The van der Waals surface area contributed by atoms with Crippen molar-refractivity contribution in [3.8, 4) is 34.2 Å². The number of anilines is 1. The summed E-state index contributed by atoms with van der Waals surface area (Å²) >= 11 is 1.27. The number of aromatic nitrogens is 1. The van der Waals surface area contributed by atoms with Crippen LogP contribution in [0.2, 0.25) is 0 Å². The number of hydrogen-bond donors (Lipinski definition) is 1. The highest BCUT2D eigenvalue weighted by atomic mass is 32.2. The molecule has 0 radical (unpaired) electrons. The van der Waals surface area contributed by atoms with Crippen molar-refractivity contribution < 1.29 is 9.53 Å². The van der Waals surface area contributed by atoms with Crippen molar-refractivity contribution in [3.05, 3.63) is 95.1 Å². The largest absolute Gasteiger partial charge is 0.497 e. The lowest BCUT2D eigenvalue weighted by Crippen LogP contribution is -2.15. The molecule has 0 aliphatic carbocycles. The van der Waals surface area contributed by atoms with Gasteiger partial charge < -0.3 is 10.1 Å². The number of carbonyl (C=O) groups is 1. The van der Waals surface area contributed by atoms with Gasteiger partial charge in [-0.05, 0) is 61.7 Å². The number of pyridine rings is 1. The molecule has 0 saturated carbocycles. The Morgan fingerprint density at radius 1 is 1.00 bits per heavy atom. The number of nitrogens with one attached hydrogen (secondary N) is 1. The summed E-state index contributed by atoms with van der Waals surface area (Å²) in [6, 6.07) is 25.8. The summed E-state index contributed by atoms with van der Waals surface area (Å²) in [5.74, 6) is 0.725. The third-order valence-electron chi connectivity index (χ3n) is 6.07. The lowest BCUT2D eigenvalue weighted by atomic mass is 9.99. The van der Waals surface area contributed by atoms with Crippen LogP contribution in [0.3, 0.4) is 0 Å². The van der Waals surface area contributed by atoms with Gasteiger partial charge in [0.25, 0.3) is 0 Å². The monoisotopic (exact) mass is 493 g/mol. The number of thioether (sulfide) groups is 1. The first-order valence-corrected chi connectivity index (χ1v) is 12.5. The van der Waals surface area contributed by atoms with E-state index in [-0.39, 0.29) is 11.7 Å². The Morgan fingerprint density at radius 2 is 1.69 bits per heavy atom. The highest BCUT2D eigenvalue weighted by Crippen LogP contribution is 2.35. The number of benzene rings is 3. The van der Waals surface area contributed by atoms with Crippen LogP contribution in [0.15, 0.2) is 77.8 Å². The maximum Gasteiger partial charge on any atom is 0.234 e. The van der Waals surface area contributed by atoms with Crippen LogP contribution >= 0.6 is 11.8 Å². The van der Waals surface area contributed by atoms with E-state index >= 15 is 0 Å². The van der Waals surface area contributed by atoms with Gasteiger partial charge in [0.1, 0.15) is 16.8 Å². The molecular weight excluding hydrogens is 466 g/mol. The van der Waals surface area contributed by atoms with Gasteiger partial charge in [0.05, 0.1) is 24.1 Å². The molecule has 3 aromatic carbocycles. The fourth-order valence-corrected chi connectivity index (χ4v) is 4.61. The Kier molecular flexibility index (Phi) is 7.72. The van der Waals surface area contributed by atoms with Gasteiger partial charge in [0.15, 0.2) is 0 Å². The molecule has 6 heteroatoms. The Hall–Kier alpha value is -4.08. The van der Waals surface area contributed by atoms with Crippen LogP contribution in [-0.2, 0) is 4.79 Å². The summed E-state index contributed by atoms with van der Waals surface area (Å²) in [6.07, 6.45) is 0. The Bertz CT molecular complexity index is 1440. The Morgan fingerprint density at radius 3 is 2.36 bits per heavy atom. The van der Waals surface area contributed by atoms with Gasteiger partial charge in [-0.3, -0.25) is 4.79 Å². The molecule has 0 saturated heterocycles. The number of aryl methyl sites for hydroxylation is 2. The second-order valence-corrected chi connectivity index (χ2v) is 9.49. The minimum atomic E-state index is -0.147. The molecular formula is C30H27N3O2S. The van der Waals surface area contributed by atoms with Crippen LogP contribution in [0.1, 0.15) is 22.3 Å². The fourth-order valence-electron chi connectivity index (χ4n) is 3.81. The van der Waals surface area contributed by atoms with Gasteiger partial charge in [0, 0.05) is 16.8 Å². The molecule has 1 N–H and O–H groups in total. The highest BCUT2D eigenvalue weighted by Gasteiger charge is 2.17. The third-order valence-corrected chi connectivity index (χ3v) is 7.04. The molecule has 4 rings (SSSR count). The molecule has 0 aliphatic rings. The van der Waals surface area contributed by atoms with Crippen molar-refractivity contribution in [1.82, 2.24) is 4.98 Å². The van der Waals surface area contributed by atoms with Gasteiger partial charge in [-0.25, -0.2) is 4.98 Å². The number of carbonyl (C=O) groups excluding carboxylic acids is 1. The van der Waals surface area contributed by atoms with E-state index in [0.29, 0.717) is 10.6 Å². The molecule has 180 valence electrons. The first-order valence-electron chi connectivity index (χ1n) is 11.5. The minimum absolute atomic E-state index is 0.133. The minimum Gasteiger partial charge on any atom is -0.497 e. The molecule has 36 heavy (non-hydrogen) atoms. The van der Waals surface area contributed by atoms with Crippen LogP contribution in [0.5, 0.6) is 5.75 Å². The molecule has 1 amide bonds. The summed E-state index contributed by atoms with van der Waals surface area (Å²) in [7, 11) is 1.62. The fraction of sp³-hybridized carbons (Fsp3) is 0.167. The second kappa shape index (κ2) is 11.1. The number of nitrogens with zero attached hydrogens (tertiary/aromatic N) is 2. The predicted octanol–water partition coefficient (Wildman–Crippen LogP) is 6.95. The summed E-state index contributed by atoms with van der Waals surface area (Å²) < 4.78 is 5.29. The topological polar surface area (TPSA) is 75.0 Å². The number of hydrogen-bond acceptors (Lipinski definition) is 5. The Labute approximate surface area is 216 Å². The van der Waals surface area contributed by atoms with Crippen LogP contribution < -0.4 is 10.1 Å². The number of nitriles is 1. The van der Waals surface area contributed by atoms with Crippen molar-refractivity contribution in [3.63, 3.8) is 0 Å². The van der Waals surface area contributed by atoms with Crippen molar-refractivity contribution >= 4 is 23.4 Å². The molecule has 0 spiro atoms. The van der Waals surface area contributed by atoms with Crippen LogP contribution in [0.25, 0.3) is 22.4 Å². The lowest BCUT2D eigenvalue weighted by Gasteiger charge is -2.14. The van der Waals surface area contributed by atoms with Gasteiger partial charge >= 0.3 is 0 Å². The SMILES string of the molecule is COc1ccc(-c2cc(-c3ccc(C)cc3)nc(SCC(=O)Nc3cccc(C)c3C)c2C#N)cc1. The zero-order chi connectivity index (χ0) is 25.7. The van der Waals surface area contributed by atoms with Gasteiger partial charge in [0.2, 0.25) is 5.91 Å². The quantitative estimate of drug-likeness (QED) is 0.282. The predicted molar refractivity (Wildman–Crippen MR) is 146 cm³/mol. The van der Waals surface area contributed by atoms with Crippen molar-refractivity contribution in [1.29, 1.82) is 5.26 Å². The molecule has 4 aromatic rings. The number of ether oxygens (including phenoxy) is 1. The van der Waals surface area contributed by atoms with Gasteiger partial charge in [-0.2, -0.15) is 5.26 Å². The van der Waals surface area contributed by atoms with Crippen LogP contribution in [0.4, 0.5) is 5.69 Å². The molecule has 1 aromatic heterocycles. The molecule has 1 heterocycles. The first kappa shape index (κ1) is 25.0. The maximum atomic E-state index is 12.8.